The molecule has 1 aromatic rings. The van der Waals surface area contributed by atoms with Crippen LogP contribution in [0.4, 0.5) is 0 Å². The number of benzene rings is 1. The first-order chi connectivity index (χ1) is 13.0. The number of carbonyl (C=O) groups excluding carboxylic acids is 1. The van der Waals surface area contributed by atoms with Crippen LogP contribution in [-0.4, -0.2) is 12.6 Å². The molecule has 0 saturated carbocycles. The summed E-state index contributed by atoms with van der Waals surface area (Å²) in [6.07, 6.45) is 4.47. The summed E-state index contributed by atoms with van der Waals surface area (Å²) in [6, 6.07) is 11.4. The van der Waals surface area contributed by atoms with E-state index in [9.17, 15) is 15.3 Å². The molecule has 0 fully saturated rings. The van der Waals surface area contributed by atoms with Gasteiger partial charge in [-0.25, -0.2) is 4.79 Å². The monoisotopic (exact) mass is 381 g/mol. The Kier molecular flexibility index (Phi) is 5.26. The molecule has 1 aromatic carbocycles. The normalized spacial score (nSPS) is 27.0. The third-order valence-electron chi connectivity index (χ3n) is 5.46. The summed E-state index contributed by atoms with van der Waals surface area (Å²) in [5.41, 5.74) is 6.22. The van der Waals surface area contributed by atoms with E-state index >= 15 is 0 Å². The highest BCUT2D eigenvalue weighted by atomic mass is 35.5. The molecule has 2 aliphatic rings. The average molecular weight is 382 g/mol. The fourth-order valence-electron chi connectivity index (χ4n) is 4.32. The van der Waals surface area contributed by atoms with E-state index in [-0.39, 0.29) is 23.8 Å². The first kappa shape index (κ1) is 19.0. The lowest BCUT2D eigenvalue weighted by molar-refractivity contribution is -0.152. The Bertz CT molecular complexity index is 922. The Morgan fingerprint density at radius 3 is 2.78 bits per heavy atom. The molecule has 0 unspecified atom stereocenters. The van der Waals surface area contributed by atoms with Gasteiger partial charge in [0.2, 0.25) is 5.41 Å². The van der Waals surface area contributed by atoms with Crippen molar-refractivity contribution in [3.05, 3.63) is 57.8 Å². The third-order valence-corrected chi connectivity index (χ3v) is 5.80. The molecule has 3 atom stereocenters. The van der Waals surface area contributed by atoms with Gasteiger partial charge in [0.1, 0.15) is 6.07 Å². The summed E-state index contributed by atoms with van der Waals surface area (Å²) in [7, 11) is 0. The van der Waals surface area contributed by atoms with Crippen LogP contribution >= 0.6 is 11.6 Å². The number of nitriles is 2. The predicted molar refractivity (Wildman–Crippen MR) is 101 cm³/mol. The second-order valence-electron chi connectivity index (χ2n) is 6.74. The van der Waals surface area contributed by atoms with Gasteiger partial charge in [-0.1, -0.05) is 35.9 Å². The molecule has 6 heteroatoms. The number of halogens is 1. The highest BCUT2D eigenvalue weighted by Crippen LogP contribution is 2.57. The number of carbonyl (C=O) groups is 1. The molecule has 0 aromatic heterocycles. The standard InChI is InChI=1S/C21H20ClN3O2/c1-2-27-20(26)21(12-24)18(15-9-5-6-10-17(15)22)14-8-4-3-7-13(14)16(11-23)19(21)25/h5-7,9-10,14,18H,2-4,8,25H2,1H3/t14-,18+,21+/m1/s1. The van der Waals surface area contributed by atoms with Gasteiger partial charge in [0, 0.05) is 10.9 Å². The first-order valence-corrected chi connectivity index (χ1v) is 9.34. The number of esters is 1. The summed E-state index contributed by atoms with van der Waals surface area (Å²) in [6.45, 7) is 1.79. The van der Waals surface area contributed by atoms with Gasteiger partial charge in [-0.15, -0.1) is 0 Å². The molecule has 2 N–H and O–H groups in total. The van der Waals surface area contributed by atoms with E-state index in [1.165, 1.54) is 0 Å². The van der Waals surface area contributed by atoms with Crippen molar-refractivity contribution in [1.82, 2.24) is 0 Å². The van der Waals surface area contributed by atoms with Crippen molar-refractivity contribution in [1.29, 1.82) is 10.5 Å². The molecule has 0 spiro atoms. The van der Waals surface area contributed by atoms with Crippen molar-refractivity contribution in [3.8, 4) is 12.1 Å². The van der Waals surface area contributed by atoms with Crippen molar-refractivity contribution in [2.75, 3.05) is 6.61 Å². The van der Waals surface area contributed by atoms with Crippen LogP contribution in [0, 0.1) is 34.0 Å². The number of ether oxygens (including phenoxy) is 1. The molecular weight excluding hydrogens is 362 g/mol. The van der Waals surface area contributed by atoms with Crippen molar-refractivity contribution in [2.45, 2.75) is 32.1 Å². The second-order valence-corrected chi connectivity index (χ2v) is 7.14. The number of hydrogen-bond acceptors (Lipinski definition) is 5. The number of rotatable bonds is 3. The van der Waals surface area contributed by atoms with Crippen LogP contribution in [0.5, 0.6) is 0 Å². The highest BCUT2D eigenvalue weighted by molar-refractivity contribution is 6.31. The topological polar surface area (TPSA) is 99.9 Å². The van der Waals surface area contributed by atoms with Crippen molar-refractivity contribution in [2.24, 2.45) is 17.1 Å². The van der Waals surface area contributed by atoms with Crippen molar-refractivity contribution >= 4 is 17.6 Å². The molecule has 2 aliphatic carbocycles. The molecular formula is C21H20ClN3O2. The summed E-state index contributed by atoms with van der Waals surface area (Å²) >= 11 is 6.47. The molecule has 27 heavy (non-hydrogen) atoms. The maximum absolute atomic E-state index is 13.1. The molecule has 0 heterocycles. The highest BCUT2D eigenvalue weighted by Gasteiger charge is 2.59. The smallest absolute Gasteiger partial charge is 0.333 e. The van der Waals surface area contributed by atoms with E-state index < -0.39 is 17.3 Å². The van der Waals surface area contributed by atoms with E-state index in [0.29, 0.717) is 10.6 Å². The minimum atomic E-state index is -1.79. The van der Waals surface area contributed by atoms with Crippen LogP contribution in [0.2, 0.25) is 5.02 Å². The zero-order chi connectivity index (χ0) is 19.6. The SMILES string of the molecule is CCOC(=O)[C@]1(C#N)C(N)=C(C#N)C2=CCCC[C@H]2[C@H]1c1ccccc1Cl. The number of hydrogen-bond donors (Lipinski definition) is 1. The minimum absolute atomic E-state index is 0.0414. The number of allylic oxidation sites excluding steroid dienone is 3. The zero-order valence-electron chi connectivity index (χ0n) is 15.0. The first-order valence-electron chi connectivity index (χ1n) is 8.96. The van der Waals surface area contributed by atoms with E-state index in [1.807, 2.05) is 18.2 Å². The van der Waals surface area contributed by atoms with Crippen LogP contribution in [0.3, 0.4) is 0 Å². The molecule has 3 rings (SSSR count). The van der Waals surface area contributed by atoms with E-state index in [2.05, 4.69) is 12.1 Å². The Morgan fingerprint density at radius 1 is 1.41 bits per heavy atom. The van der Waals surface area contributed by atoms with E-state index in [1.54, 1.807) is 19.1 Å². The minimum Gasteiger partial charge on any atom is -0.464 e. The number of nitrogens with zero attached hydrogens (tertiary/aromatic N) is 2. The molecule has 5 nitrogen and oxygen atoms in total. The lowest BCUT2D eigenvalue weighted by Crippen LogP contribution is -2.49. The molecule has 0 aliphatic heterocycles. The van der Waals surface area contributed by atoms with Gasteiger partial charge in [-0.2, -0.15) is 10.5 Å². The molecule has 0 bridgehead atoms. The van der Waals surface area contributed by atoms with Gasteiger partial charge in [-0.05, 0) is 49.3 Å². The van der Waals surface area contributed by atoms with Gasteiger partial charge in [0.25, 0.3) is 0 Å². The Morgan fingerprint density at radius 2 is 2.15 bits per heavy atom. The lowest BCUT2D eigenvalue weighted by Gasteiger charge is -2.45. The van der Waals surface area contributed by atoms with E-state index in [4.69, 9.17) is 22.1 Å². The maximum Gasteiger partial charge on any atom is 0.333 e. The maximum atomic E-state index is 13.1. The fraction of sp³-hybridized carbons (Fsp3) is 0.381. The number of nitrogens with two attached hydrogens (primary N) is 1. The third kappa shape index (κ3) is 2.80. The second kappa shape index (κ2) is 7.47. The quantitative estimate of drug-likeness (QED) is 0.798. The van der Waals surface area contributed by atoms with Crippen LogP contribution in [0.1, 0.15) is 37.7 Å². The molecule has 0 amide bonds. The van der Waals surface area contributed by atoms with Gasteiger partial charge in [0.15, 0.2) is 0 Å². The van der Waals surface area contributed by atoms with E-state index in [0.717, 1.165) is 24.8 Å². The summed E-state index contributed by atoms with van der Waals surface area (Å²) < 4.78 is 5.26. The van der Waals surface area contributed by atoms with Crippen LogP contribution in [-0.2, 0) is 9.53 Å². The van der Waals surface area contributed by atoms with Crippen LogP contribution < -0.4 is 5.73 Å². The molecule has 138 valence electrons. The largest absolute Gasteiger partial charge is 0.464 e. The Hall–Kier alpha value is -2.76. The van der Waals surface area contributed by atoms with Crippen LogP contribution in [0.25, 0.3) is 0 Å². The van der Waals surface area contributed by atoms with Gasteiger partial charge in [0.05, 0.1) is 23.9 Å². The summed E-state index contributed by atoms with van der Waals surface area (Å²) in [5, 5.41) is 20.4. The fourth-order valence-corrected chi connectivity index (χ4v) is 4.57. The molecule has 0 saturated heterocycles. The Labute approximate surface area is 163 Å². The Balaban J connectivity index is 2.38. The van der Waals surface area contributed by atoms with Crippen molar-refractivity contribution in [3.63, 3.8) is 0 Å². The van der Waals surface area contributed by atoms with Gasteiger partial charge in [-0.3, -0.25) is 0 Å². The average Bonchev–Trinajstić information content (AvgIpc) is 2.68. The lowest BCUT2D eigenvalue weighted by atomic mass is 9.56. The molecule has 0 radical (unpaired) electrons. The van der Waals surface area contributed by atoms with Crippen molar-refractivity contribution < 1.29 is 9.53 Å². The van der Waals surface area contributed by atoms with Gasteiger partial charge < -0.3 is 10.5 Å². The zero-order valence-corrected chi connectivity index (χ0v) is 15.8. The summed E-state index contributed by atoms with van der Waals surface area (Å²) in [4.78, 5) is 13.1. The van der Waals surface area contributed by atoms with Gasteiger partial charge >= 0.3 is 5.97 Å². The number of fused-ring (bicyclic) bond motifs is 1. The predicted octanol–water partition coefficient (Wildman–Crippen LogP) is 3.97. The summed E-state index contributed by atoms with van der Waals surface area (Å²) in [5.74, 6) is -1.55. The van der Waals surface area contributed by atoms with Crippen LogP contribution in [0.15, 0.2) is 47.2 Å².